The van der Waals surface area contributed by atoms with Gasteiger partial charge in [-0.05, 0) is 48.6 Å². The van der Waals surface area contributed by atoms with Crippen LogP contribution >= 0.6 is 0 Å². The van der Waals surface area contributed by atoms with E-state index in [1.807, 2.05) is 0 Å². The van der Waals surface area contributed by atoms with E-state index in [0.29, 0.717) is 59.8 Å². The third-order valence-corrected chi connectivity index (χ3v) is 10.8. The van der Waals surface area contributed by atoms with E-state index in [1.165, 1.54) is 42.5 Å². The lowest BCUT2D eigenvalue weighted by molar-refractivity contribution is -0.287. The van der Waals surface area contributed by atoms with Crippen molar-refractivity contribution >= 4 is 52.8 Å². The average molecular weight is 1200 g/mol. The number of carbonyl (C=O) groups is 5. The van der Waals surface area contributed by atoms with Crippen LogP contribution in [0.5, 0.6) is 46.0 Å². The number of hydrogen-bond acceptors (Lipinski definition) is 22. The molecule has 0 unspecified atom stereocenters. The summed E-state index contributed by atoms with van der Waals surface area (Å²) in [5.41, 5.74) is 0.809. The van der Waals surface area contributed by atoms with Crippen molar-refractivity contribution in [1.82, 2.24) is 0 Å². The first-order chi connectivity index (χ1) is 42.1. The first-order valence-corrected chi connectivity index (χ1v) is 27.4. The van der Waals surface area contributed by atoms with Crippen molar-refractivity contribution < 1.29 is 105 Å². The van der Waals surface area contributed by atoms with Crippen LogP contribution in [0.3, 0.4) is 0 Å². The maximum atomic E-state index is 13.7. The molecule has 4 aromatic carbocycles. The molecule has 0 fully saturated rings. The summed E-state index contributed by atoms with van der Waals surface area (Å²) in [6.07, 6.45) is 15.4. The van der Waals surface area contributed by atoms with Crippen molar-refractivity contribution in [3.8, 4) is 46.0 Å². The number of rotatable bonds is 48. The van der Waals surface area contributed by atoms with Crippen LogP contribution in [0, 0.1) is 0 Å². The standard InChI is InChI=1S/C64H74O22/c1-7-33-79-82-45-18-37-71-55-28-24-48(61(75-41-16-39-73-57(66)11-5)64(55)78-44-20-47-84-81-35-9-3)25-31-59(68)85-52-29-30-53(51-22-14-13-21-50(51)52)86-60(69)32-26-49-23-27-54(70-36-15-38-72-56(65)10-4)63(77-42-17-40-74-58(67)12-6)62(49)76-43-19-46-83-80-34-8-2/h7-14,21-32H,1-6,15-20,33-47H2/b31-25+,32-26+. The van der Waals surface area contributed by atoms with Gasteiger partial charge in [-0.2, -0.15) is 0 Å². The summed E-state index contributed by atoms with van der Waals surface area (Å²) in [5.74, 6) is -1.53. The van der Waals surface area contributed by atoms with Gasteiger partial charge < -0.3 is 52.1 Å². The zero-order chi connectivity index (χ0) is 61.8. The first-order valence-electron chi connectivity index (χ1n) is 27.4. The molecule has 0 radical (unpaired) electrons. The molecular formula is C64H74O22. The van der Waals surface area contributed by atoms with Crippen molar-refractivity contribution in [2.24, 2.45) is 0 Å². The predicted molar refractivity (Wildman–Crippen MR) is 317 cm³/mol. The molecule has 22 nitrogen and oxygen atoms in total. The molecule has 4 rings (SSSR count). The van der Waals surface area contributed by atoms with Crippen molar-refractivity contribution in [2.45, 2.75) is 38.5 Å². The van der Waals surface area contributed by atoms with Crippen LogP contribution in [0.1, 0.15) is 49.7 Å². The highest BCUT2D eigenvalue weighted by Crippen LogP contribution is 2.43. The van der Waals surface area contributed by atoms with Crippen LogP contribution < -0.4 is 37.9 Å². The van der Waals surface area contributed by atoms with E-state index in [1.54, 1.807) is 60.7 Å². The molecule has 86 heavy (non-hydrogen) atoms. The minimum absolute atomic E-state index is 0.0360. The number of fused-ring (bicyclic) bond motifs is 1. The Labute approximate surface area is 500 Å². The number of ether oxygens (including phenoxy) is 11. The SMILES string of the molecule is C=CCOOCCCOc1ccc(/C=C/C(=O)Oc2ccc(OC(=O)/C=C/c3ccc(OCCCOC(=O)C=C)c(OCCCOC(=O)C=C)c3OCCCOOCC=C)c3ccccc23)c(OCCCOC(=O)C=C)c1OCCCOOCC=C. The van der Waals surface area contributed by atoms with Gasteiger partial charge in [-0.15, -0.1) is 19.7 Å². The Morgan fingerprint density at radius 1 is 0.326 bits per heavy atom. The maximum Gasteiger partial charge on any atom is 0.336 e. The Bertz CT molecular complexity index is 2890. The van der Waals surface area contributed by atoms with Gasteiger partial charge in [0.1, 0.15) is 31.3 Å². The zero-order valence-electron chi connectivity index (χ0n) is 48.1. The first kappa shape index (κ1) is 69.5. The molecule has 4 aromatic rings. The van der Waals surface area contributed by atoms with Crippen molar-refractivity contribution in [1.29, 1.82) is 0 Å². The highest BCUT2D eigenvalue weighted by atomic mass is 17.2. The summed E-state index contributed by atoms with van der Waals surface area (Å²) < 4.78 is 64.3. The Kier molecular flexibility index (Phi) is 34.5. The zero-order valence-corrected chi connectivity index (χ0v) is 48.1. The third kappa shape index (κ3) is 26.7. The number of benzene rings is 4. The van der Waals surface area contributed by atoms with E-state index < -0.39 is 29.8 Å². The molecule has 0 aliphatic carbocycles. The molecule has 0 saturated carbocycles. The van der Waals surface area contributed by atoms with Gasteiger partial charge in [-0.25, -0.2) is 53.3 Å². The van der Waals surface area contributed by atoms with Crippen LogP contribution in [-0.4, -0.2) is 129 Å². The summed E-state index contributed by atoms with van der Waals surface area (Å²) in [5, 5.41) is 0.894. The van der Waals surface area contributed by atoms with Crippen LogP contribution in [0.2, 0.25) is 0 Å². The molecule has 22 heteroatoms. The van der Waals surface area contributed by atoms with Crippen LogP contribution in [0.15, 0.2) is 149 Å². The van der Waals surface area contributed by atoms with Gasteiger partial charge in [-0.1, -0.05) is 62.2 Å². The second kappa shape index (κ2) is 42.7. The smallest absolute Gasteiger partial charge is 0.336 e. The molecule has 0 aliphatic heterocycles. The Balaban J connectivity index is 1.60. The molecule has 0 saturated heterocycles. The van der Waals surface area contributed by atoms with E-state index in [2.05, 4.69) is 39.5 Å². The largest absolute Gasteiger partial charge is 0.489 e. The van der Waals surface area contributed by atoms with Crippen LogP contribution in [-0.2, 0) is 67.5 Å². The van der Waals surface area contributed by atoms with Crippen molar-refractivity contribution in [3.63, 3.8) is 0 Å². The molecule has 0 atom stereocenters. The highest BCUT2D eigenvalue weighted by molar-refractivity contribution is 5.99. The minimum Gasteiger partial charge on any atom is -0.489 e. The number of carbonyl (C=O) groups excluding carboxylic acids is 5. The lowest BCUT2D eigenvalue weighted by atomic mass is 10.1. The Morgan fingerprint density at radius 3 is 0.977 bits per heavy atom. The molecule has 0 N–H and O–H groups in total. The lowest BCUT2D eigenvalue weighted by Gasteiger charge is -2.19. The van der Waals surface area contributed by atoms with E-state index in [4.69, 9.17) is 81.4 Å². The average Bonchev–Trinajstić information content (AvgIpc) is 3.00. The van der Waals surface area contributed by atoms with Gasteiger partial charge in [0.25, 0.3) is 0 Å². The second-order valence-electron chi connectivity index (χ2n) is 17.3. The maximum absolute atomic E-state index is 13.7. The molecule has 0 aromatic heterocycles. The number of esters is 5. The van der Waals surface area contributed by atoms with Gasteiger partial charge in [0.2, 0.25) is 11.5 Å². The molecular weight excluding hydrogens is 1120 g/mol. The van der Waals surface area contributed by atoms with Crippen molar-refractivity contribution in [2.75, 3.05) is 99.1 Å². The molecule has 0 aliphatic rings. The van der Waals surface area contributed by atoms with Crippen LogP contribution in [0.4, 0.5) is 0 Å². The van der Waals surface area contributed by atoms with Crippen molar-refractivity contribution in [3.05, 3.63) is 160 Å². The van der Waals surface area contributed by atoms with Gasteiger partial charge in [0.05, 0.1) is 79.3 Å². The molecule has 0 amide bonds. The van der Waals surface area contributed by atoms with Gasteiger partial charge >= 0.3 is 29.8 Å². The normalized spacial score (nSPS) is 10.8. The Hall–Kier alpha value is -9.03. The summed E-state index contributed by atoms with van der Waals surface area (Å²) in [6, 6.07) is 16.5. The van der Waals surface area contributed by atoms with Gasteiger partial charge in [0.15, 0.2) is 23.0 Å². The monoisotopic (exact) mass is 1190 g/mol. The summed E-state index contributed by atoms with van der Waals surface area (Å²) in [4.78, 5) is 92.9. The predicted octanol–water partition coefficient (Wildman–Crippen LogP) is 10.3. The van der Waals surface area contributed by atoms with E-state index in [0.717, 1.165) is 18.2 Å². The van der Waals surface area contributed by atoms with Gasteiger partial charge in [0, 0.05) is 90.8 Å². The summed E-state index contributed by atoms with van der Waals surface area (Å²) >= 11 is 0. The van der Waals surface area contributed by atoms with E-state index in [9.17, 15) is 24.0 Å². The quantitative estimate of drug-likeness (QED) is 0.00583. The fourth-order valence-electron chi connectivity index (χ4n) is 6.95. The minimum atomic E-state index is -0.772. The van der Waals surface area contributed by atoms with Crippen LogP contribution in [0.25, 0.3) is 22.9 Å². The fraction of sp³-hybridized carbons (Fsp3) is 0.328. The molecule has 0 spiro atoms. The summed E-state index contributed by atoms with van der Waals surface area (Å²) in [7, 11) is 0. The molecule has 462 valence electrons. The van der Waals surface area contributed by atoms with E-state index >= 15 is 0 Å². The highest BCUT2D eigenvalue weighted by Gasteiger charge is 2.21. The Morgan fingerprint density at radius 2 is 0.640 bits per heavy atom. The van der Waals surface area contributed by atoms with E-state index in [-0.39, 0.29) is 146 Å². The second-order valence-corrected chi connectivity index (χ2v) is 17.3. The fourth-order valence-corrected chi connectivity index (χ4v) is 6.95. The molecule has 0 heterocycles. The molecule has 0 bridgehead atoms. The van der Waals surface area contributed by atoms with Gasteiger partial charge in [-0.3, -0.25) is 0 Å². The topological polar surface area (TPSA) is 242 Å². The number of hydrogen-bond donors (Lipinski definition) is 0. The lowest BCUT2D eigenvalue weighted by Crippen LogP contribution is -2.11. The third-order valence-electron chi connectivity index (χ3n) is 10.8. The summed E-state index contributed by atoms with van der Waals surface area (Å²) in [6.45, 7) is 23.1.